The predicted molar refractivity (Wildman–Crippen MR) is 116 cm³/mol. The minimum atomic E-state index is -0.556. The molecule has 160 valence electrons. The van der Waals surface area contributed by atoms with Gasteiger partial charge in [-0.1, -0.05) is 19.4 Å². The first-order valence-corrected chi connectivity index (χ1v) is 11.8. The lowest BCUT2D eigenvalue weighted by molar-refractivity contribution is -0.129. The third-order valence-electron chi connectivity index (χ3n) is 8.11. The van der Waals surface area contributed by atoms with E-state index in [0.717, 1.165) is 70.1 Å². The Kier molecular flexibility index (Phi) is 5.81. The van der Waals surface area contributed by atoms with Crippen LogP contribution in [0.25, 0.3) is 0 Å². The summed E-state index contributed by atoms with van der Waals surface area (Å²) in [7, 11) is 0. The van der Waals surface area contributed by atoms with Crippen LogP contribution in [-0.4, -0.2) is 23.1 Å². The molecule has 2 saturated carbocycles. The minimum Gasteiger partial charge on any atom is -0.494 e. The summed E-state index contributed by atoms with van der Waals surface area (Å²) in [6.45, 7) is 6.74. The lowest BCUT2D eigenvalue weighted by Crippen LogP contribution is -2.42. The topological polar surface area (TPSA) is 46.5 Å². The van der Waals surface area contributed by atoms with Gasteiger partial charge in [0.15, 0.2) is 0 Å². The maximum Gasteiger partial charge on any atom is 0.139 e. The summed E-state index contributed by atoms with van der Waals surface area (Å²) in [6, 6.07) is 6.75. The molecule has 2 fully saturated rings. The van der Waals surface area contributed by atoms with E-state index in [1.807, 2.05) is 13.8 Å². The molecule has 1 aromatic rings. The molecule has 3 nitrogen and oxygen atoms in total. The number of benzene rings is 1. The zero-order chi connectivity index (χ0) is 20.6. The van der Waals surface area contributed by atoms with Crippen LogP contribution in [0.2, 0.25) is 0 Å². The lowest BCUT2D eigenvalue weighted by atomic mass is 9.55. The van der Waals surface area contributed by atoms with Gasteiger partial charge in [-0.25, -0.2) is 0 Å². The second-order valence-corrected chi connectivity index (χ2v) is 10.7. The van der Waals surface area contributed by atoms with E-state index >= 15 is 0 Å². The van der Waals surface area contributed by atoms with E-state index in [1.165, 1.54) is 17.5 Å². The molecule has 3 aliphatic carbocycles. The van der Waals surface area contributed by atoms with E-state index in [4.69, 9.17) is 4.74 Å². The second-order valence-electron chi connectivity index (χ2n) is 10.7. The van der Waals surface area contributed by atoms with Gasteiger partial charge in [-0.05, 0) is 106 Å². The molecule has 3 aliphatic rings. The van der Waals surface area contributed by atoms with Gasteiger partial charge in [-0.3, -0.25) is 4.79 Å². The summed E-state index contributed by atoms with van der Waals surface area (Å²) in [6.07, 6.45) is 10.5. The van der Waals surface area contributed by atoms with Crippen molar-refractivity contribution in [2.75, 3.05) is 6.61 Å². The molecule has 0 saturated heterocycles. The zero-order valence-corrected chi connectivity index (χ0v) is 18.5. The number of fused-ring (bicyclic) bond motifs is 5. The van der Waals surface area contributed by atoms with Gasteiger partial charge in [0, 0.05) is 11.8 Å². The van der Waals surface area contributed by atoms with Gasteiger partial charge in [0.1, 0.15) is 11.5 Å². The fourth-order valence-corrected chi connectivity index (χ4v) is 6.45. The second kappa shape index (κ2) is 8.06. The van der Waals surface area contributed by atoms with Crippen LogP contribution < -0.4 is 4.74 Å². The molecule has 0 radical (unpaired) electrons. The Morgan fingerprint density at radius 1 is 1.14 bits per heavy atom. The van der Waals surface area contributed by atoms with Crippen LogP contribution >= 0.6 is 0 Å². The number of hydrogen-bond acceptors (Lipinski definition) is 3. The number of ketones is 1. The van der Waals surface area contributed by atoms with Gasteiger partial charge in [0.2, 0.25) is 0 Å². The van der Waals surface area contributed by atoms with Crippen molar-refractivity contribution in [1.29, 1.82) is 0 Å². The average molecular weight is 399 g/mol. The Bertz CT molecular complexity index is 747. The average Bonchev–Trinajstić information content (AvgIpc) is 2.98. The van der Waals surface area contributed by atoms with Crippen molar-refractivity contribution in [3.63, 3.8) is 0 Å². The smallest absolute Gasteiger partial charge is 0.139 e. The number of ether oxygens (including phenoxy) is 1. The van der Waals surface area contributed by atoms with Gasteiger partial charge in [-0.2, -0.15) is 0 Å². The highest BCUT2D eigenvalue weighted by Gasteiger charge is 2.54. The van der Waals surface area contributed by atoms with Crippen LogP contribution in [0.1, 0.15) is 95.6 Å². The maximum atomic E-state index is 12.5. The molecule has 0 aromatic heterocycles. The van der Waals surface area contributed by atoms with Crippen molar-refractivity contribution in [2.45, 2.75) is 96.5 Å². The molecule has 29 heavy (non-hydrogen) atoms. The largest absolute Gasteiger partial charge is 0.494 e. The Hall–Kier alpha value is -1.35. The molecule has 1 aromatic carbocycles. The summed E-state index contributed by atoms with van der Waals surface area (Å²) in [5.41, 5.74) is 2.41. The highest BCUT2D eigenvalue weighted by atomic mass is 16.5. The molecule has 4 rings (SSSR count). The molecule has 4 atom stereocenters. The fourth-order valence-electron chi connectivity index (χ4n) is 6.45. The quantitative estimate of drug-likeness (QED) is 0.589. The summed E-state index contributed by atoms with van der Waals surface area (Å²) >= 11 is 0. The van der Waals surface area contributed by atoms with Crippen LogP contribution in [0.4, 0.5) is 0 Å². The van der Waals surface area contributed by atoms with E-state index in [0.29, 0.717) is 23.5 Å². The molecule has 3 heteroatoms. The van der Waals surface area contributed by atoms with E-state index < -0.39 is 5.60 Å². The van der Waals surface area contributed by atoms with Gasteiger partial charge in [0.25, 0.3) is 0 Å². The molecule has 1 N–H and O–H groups in total. The van der Waals surface area contributed by atoms with E-state index in [2.05, 4.69) is 25.1 Å². The van der Waals surface area contributed by atoms with Crippen LogP contribution in [0.5, 0.6) is 5.75 Å². The van der Waals surface area contributed by atoms with E-state index in [9.17, 15) is 9.90 Å². The third kappa shape index (κ3) is 4.26. The van der Waals surface area contributed by atoms with Gasteiger partial charge < -0.3 is 9.84 Å². The van der Waals surface area contributed by atoms with Crippen molar-refractivity contribution < 1.29 is 14.6 Å². The summed E-state index contributed by atoms with van der Waals surface area (Å²) in [5, 5.41) is 9.78. The standard InChI is InChI=1S/C26H38O3/c1-25(2,28)14-5-4-6-16-29-19-8-10-20-18(17-19)7-9-22-21(20)13-15-26(3)23(22)11-12-24(26)27/h8,10,17,21-23,28H,4-7,9,11-16H2,1-3H3/t21-,22-,23+,26+/m1/s1. The summed E-state index contributed by atoms with van der Waals surface area (Å²) < 4.78 is 6.03. The van der Waals surface area contributed by atoms with Crippen molar-refractivity contribution >= 4 is 5.78 Å². The monoisotopic (exact) mass is 398 g/mol. The Labute approximate surface area is 176 Å². The molecule has 0 spiro atoms. The Morgan fingerprint density at radius 3 is 2.76 bits per heavy atom. The van der Waals surface area contributed by atoms with Crippen molar-refractivity contribution in [3.05, 3.63) is 29.3 Å². The molecule has 0 heterocycles. The molecule has 0 unspecified atom stereocenters. The van der Waals surface area contributed by atoms with E-state index in [1.54, 1.807) is 0 Å². The van der Waals surface area contributed by atoms with Crippen molar-refractivity contribution in [1.82, 2.24) is 0 Å². The number of hydrogen-bond donors (Lipinski definition) is 1. The zero-order valence-electron chi connectivity index (χ0n) is 18.5. The SMILES string of the molecule is CC(C)(O)CCCCCOc1ccc2c(c1)CC[C@@H]1[C@@H]2CC[C@]2(C)C(=O)CC[C@@H]12. The summed E-state index contributed by atoms with van der Waals surface area (Å²) in [5.74, 6) is 3.45. The number of unbranched alkanes of at least 4 members (excludes halogenated alkanes) is 2. The van der Waals surface area contributed by atoms with Crippen LogP contribution in [0.3, 0.4) is 0 Å². The third-order valence-corrected chi connectivity index (χ3v) is 8.11. The van der Waals surface area contributed by atoms with E-state index in [-0.39, 0.29) is 5.41 Å². The Morgan fingerprint density at radius 2 is 1.97 bits per heavy atom. The predicted octanol–water partition coefficient (Wildman–Crippen LogP) is 5.82. The number of carbonyl (C=O) groups is 1. The maximum absolute atomic E-state index is 12.5. The first-order valence-electron chi connectivity index (χ1n) is 11.8. The van der Waals surface area contributed by atoms with Crippen LogP contribution in [0, 0.1) is 17.3 Å². The molecule has 0 amide bonds. The number of aryl methyl sites for hydroxylation is 1. The number of Topliss-reactive ketones (excluding diaryl/α,β-unsaturated/α-hetero) is 1. The van der Waals surface area contributed by atoms with Crippen molar-refractivity contribution in [3.8, 4) is 5.75 Å². The molecular formula is C26H38O3. The number of carbonyl (C=O) groups excluding carboxylic acids is 1. The van der Waals surface area contributed by atoms with Gasteiger partial charge in [-0.15, -0.1) is 0 Å². The number of aliphatic hydroxyl groups is 1. The molecule has 0 aliphatic heterocycles. The molecular weight excluding hydrogens is 360 g/mol. The highest BCUT2D eigenvalue weighted by Crippen LogP contribution is 2.59. The van der Waals surface area contributed by atoms with Crippen molar-refractivity contribution in [2.24, 2.45) is 17.3 Å². The fraction of sp³-hybridized carbons (Fsp3) is 0.731. The normalized spacial score (nSPS) is 31.2. The summed E-state index contributed by atoms with van der Waals surface area (Å²) in [4.78, 5) is 12.5. The van der Waals surface area contributed by atoms with Crippen LogP contribution in [-0.2, 0) is 11.2 Å². The van der Waals surface area contributed by atoms with Gasteiger partial charge in [0.05, 0.1) is 12.2 Å². The number of rotatable bonds is 7. The van der Waals surface area contributed by atoms with Gasteiger partial charge >= 0.3 is 0 Å². The first-order chi connectivity index (χ1) is 13.8. The minimum absolute atomic E-state index is 0.0348. The first kappa shape index (κ1) is 20.9. The Balaban J connectivity index is 1.34. The molecule has 0 bridgehead atoms. The van der Waals surface area contributed by atoms with Crippen LogP contribution in [0.15, 0.2) is 18.2 Å². The lowest BCUT2D eigenvalue weighted by Gasteiger charge is -2.48. The highest BCUT2D eigenvalue weighted by molar-refractivity contribution is 5.87.